The minimum atomic E-state index is -4.69. The third-order valence-electron chi connectivity index (χ3n) is 5.06. The van der Waals surface area contributed by atoms with E-state index in [1.807, 2.05) is 20.8 Å². The van der Waals surface area contributed by atoms with Gasteiger partial charge >= 0.3 is 12.4 Å². The lowest BCUT2D eigenvalue weighted by Gasteiger charge is -2.24. The number of nitrogens with zero attached hydrogens (tertiary/aromatic N) is 1. The van der Waals surface area contributed by atoms with Crippen LogP contribution >= 0.6 is 0 Å². The largest absolute Gasteiger partial charge is 0.493 e. The summed E-state index contributed by atoms with van der Waals surface area (Å²) in [7, 11) is 0. The highest BCUT2D eigenvalue weighted by Gasteiger charge is 2.35. The summed E-state index contributed by atoms with van der Waals surface area (Å²) in [6.45, 7) is 5.56. The van der Waals surface area contributed by atoms with Gasteiger partial charge in [-0.05, 0) is 67.6 Å². The Bertz CT molecular complexity index is 1130. The van der Waals surface area contributed by atoms with Gasteiger partial charge in [0, 0.05) is 17.1 Å². The van der Waals surface area contributed by atoms with Gasteiger partial charge in [0.25, 0.3) is 0 Å². The Kier molecular flexibility index (Phi) is 6.66. The first-order valence-corrected chi connectivity index (χ1v) is 10.2. The Balaban J connectivity index is 1.99. The van der Waals surface area contributed by atoms with Gasteiger partial charge in [0.1, 0.15) is 5.75 Å². The van der Waals surface area contributed by atoms with Crippen LogP contribution in [0.2, 0.25) is 0 Å². The highest BCUT2D eigenvalue weighted by atomic mass is 19.4. The molecule has 0 fully saturated rings. The van der Waals surface area contributed by atoms with E-state index >= 15 is 0 Å². The van der Waals surface area contributed by atoms with Gasteiger partial charge < -0.3 is 10.5 Å². The Morgan fingerprint density at radius 3 is 2.24 bits per heavy atom. The molecule has 9 heteroatoms. The molecule has 2 aromatic carbocycles. The van der Waals surface area contributed by atoms with Gasteiger partial charge in [0.05, 0.1) is 23.3 Å². The number of rotatable bonds is 6. The van der Waals surface area contributed by atoms with E-state index in [1.165, 1.54) is 30.5 Å². The molecule has 178 valence electrons. The van der Waals surface area contributed by atoms with Crippen LogP contribution in [0.3, 0.4) is 0 Å². The molecule has 0 saturated carbocycles. The molecule has 1 atom stereocenters. The van der Waals surface area contributed by atoms with Crippen molar-refractivity contribution in [3.8, 4) is 16.9 Å². The minimum absolute atomic E-state index is 0.0365. The summed E-state index contributed by atoms with van der Waals surface area (Å²) in [5, 5.41) is 0.311. The molecule has 0 unspecified atom stereocenters. The number of fused-ring (bicyclic) bond motifs is 1. The maximum Gasteiger partial charge on any atom is 0.419 e. The zero-order chi connectivity index (χ0) is 24.6. The lowest BCUT2D eigenvalue weighted by atomic mass is 9.93. The van der Waals surface area contributed by atoms with E-state index in [9.17, 15) is 26.3 Å². The number of hydrogen-bond acceptors (Lipinski definition) is 3. The predicted molar refractivity (Wildman–Crippen MR) is 115 cm³/mol. The smallest absolute Gasteiger partial charge is 0.419 e. The molecule has 0 spiro atoms. The van der Waals surface area contributed by atoms with Crippen molar-refractivity contribution >= 4 is 10.9 Å². The van der Waals surface area contributed by atoms with Crippen LogP contribution in [-0.4, -0.2) is 17.1 Å². The number of halogens is 6. The lowest BCUT2D eigenvalue weighted by molar-refractivity contribution is -0.139. The normalized spacial score (nSPS) is 13.9. The SMILES string of the molecule is C[C@H](COc1ccc(-c2ccnc3cc(C(F)(F)F)ccc23)cc1C(F)(F)F)CC(C)(C)N. The Hall–Kier alpha value is -2.81. The average Bonchev–Trinajstić information content (AvgIpc) is 2.68. The molecule has 3 nitrogen and oxygen atoms in total. The second-order valence-corrected chi connectivity index (χ2v) is 8.91. The van der Waals surface area contributed by atoms with Crippen molar-refractivity contribution in [2.24, 2.45) is 11.7 Å². The molecule has 3 aromatic rings. The van der Waals surface area contributed by atoms with E-state index < -0.39 is 29.0 Å². The van der Waals surface area contributed by atoms with Gasteiger partial charge in [0.15, 0.2) is 0 Å². The molecular weight excluding hydrogens is 446 g/mol. The monoisotopic (exact) mass is 470 g/mol. The molecule has 2 N–H and O–H groups in total. The van der Waals surface area contributed by atoms with Crippen molar-refractivity contribution in [3.05, 3.63) is 59.8 Å². The topological polar surface area (TPSA) is 48.1 Å². The molecule has 0 aliphatic heterocycles. The molecule has 0 radical (unpaired) electrons. The second kappa shape index (κ2) is 8.85. The maximum absolute atomic E-state index is 13.8. The van der Waals surface area contributed by atoms with Crippen molar-refractivity contribution in [1.29, 1.82) is 0 Å². The van der Waals surface area contributed by atoms with Crippen LogP contribution in [-0.2, 0) is 12.4 Å². The van der Waals surface area contributed by atoms with E-state index in [1.54, 1.807) is 0 Å². The summed E-state index contributed by atoms with van der Waals surface area (Å²) < 4.78 is 85.9. The summed E-state index contributed by atoms with van der Waals surface area (Å²) in [5.41, 5.74) is 4.21. The lowest BCUT2D eigenvalue weighted by Crippen LogP contribution is -2.35. The van der Waals surface area contributed by atoms with Crippen molar-refractivity contribution < 1.29 is 31.1 Å². The van der Waals surface area contributed by atoms with Gasteiger partial charge in [-0.2, -0.15) is 26.3 Å². The molecule has 1 heterocycles. The average molecular weight is 470 g/mol. The highest BCUT2D eigenvalue weighted by Crippen LogP contribution is 2.40. The van der Waals surface area contributed by atoms with E-state index in [4.69, 9.17) is 10.5 Å². The minimum Gasteiger partial charge on any atom is -0.493 e. The summed E-state index contributed by atoms with van der Waals surface area (Å²) in [5.74, 6) is -0.386. The fraction of sp³-hybridized carbons (Fsp3) is 0.375. The van der Waals surface area contributed by atoms with Gasteiger partial charge in [0.2, 0.25) is 0 Å². The van der Waals surface area contributed by atoms with Crippen molar-refractivity contribution in [2.75, 3.05) is 6.61 Å². The molecule has 1 aromatic heterocycles. The summed E-state index contributed by atoms with van der Waals surface area (Å²) in [6, 6.07) is 8.07. The van der Waals surface area contributed by atoms with Crippen LogP contribution in [0.15, 0.2) is 48.7 Å². The first-order chi connectivity index (χ1) is 15.1. The predicted octanol–water partition coefficient (Wildman–Crippen LogP) is 7.08. The fourth-order valence-corrected chi connectivity index (χ4v) is 3.81. The van der Waals surface area contributed by atoms with Crippen LogP contribution in [0.5, 0.6) is 5.75 Å². The molecule has 0 bridgehead atoms. The zero-order valence-electron chi connectivity index (χ0n) is 18.3. The summed E-state index contributed by atoms with van der Waals surface area (Å²) in [6.07, 6.45) is -7.40. The number of aromatic nitrogens is 1. The van der Waals surface area contributed by atoms with Gasteiger partial charge in [-0.1, -0.05) is 19.1 Å². The van der Waals surface area contributed by atoms with E-state index in [-0.39, 0.29) is 29.4 Å². The van der Waals surface area contributed by atoms with Gasteiger partial charge in [-0.25, -0.2) is 0 Å². The van der Waals surface area contributed by atoms with Crippen LogP contribution in [0, 0.1) is 5.92 Å². The van der Waals surface area contributed by atoms with E-state index in [2.05, 4.69) is 4.98 Å². The van der Waals surface area contributed by atoms with Crippen molar-refractivity contribution in [3.63, 3.8) is 0 Å². The molecule has 0 amide bonds. The van der Waals surface area contributed by atoms with Crippen molar-refractivity contribution in [1.82, 2.24) is 4.98 Å². The first kappa shape index (κ1) is 24.8. The van der Waals surface area contributed by atoms with Crippen LogP contribution in [0.4, 0.5) is 26.3 Å². The van der Waals surface area contributed by atoms with Crippen LogP contribution in [0.25, 0.3) is 22.0 Å². The quantitative estimate of drug-likeness (QED) is 0.392. The molecule has 33 heavy (non-hydrogen) atoms. The maximum atomic E-state index is 13.8. The molecule has 0 saturated heterocycles. The van der Waals surface area contributed by atoms with Crippen LogP contribution < -0.4 is 10.5 Å². The highest BCUT2D eigenvalue weighted by molar-refractivity contribution is 5.94. The Morgan fingerprint density at radius 1 is 0.939 bits per heavy atom. The van der Waals surface area contributed by atoms with Crippen LogP contribution in [0.1, 0.15) is 38.3 Å². The number of hydrogen-bond donors (Lipinski definition) is 1. The standard InChI is InChI=1S/C24H24F6N2O/c1-14(12-22(2,3)31)13-33-21-7-4-15(10-19(21)24(28,29)30)17-8-9-32-20-11-16(23(25,26)27)5-6-18(17)20/h4-11,14H,12-13,31H2,1-3H3/t14-/m0/s1. The molecular formula is C24H24F6N2O. The van der Waals surface area contributed by atoms with Gasteiger partial charge in [-0.3, -0.25) is 4.98 Å². The number of alkyl halides is 6. The van der Waals surface area contributed by atoms with Gasteiger partial charge in [-0.15, -0.1) is 0 Å². The Labute approximate surface area is 187 Å². The van der Waals surface area contributed by atoms with Crippen molar-refractivity contribution in [2.45, 2.75) is 45.1 Å². The zero-order valence-corrected chi connectivity index (χ0v) is 18.3. The number of nitrogens with two attached hydrogens (primary N) is 1. The number of ether oxygens (including phenoxy) is 1. The summed E-state index contributed by atoms with van der Waals surface area (Å²) in [4.78, 5) is 3.95. The third-order valence-corrected chi connectivity index (χ3v) is 5.06. The first-order valence-electron chi connectivity index (χ1n) is 10.2. The number of benzene rings is 2. The fourth-order valence-electron chi connectivity index (χ4n) is 3.81. The molecule has 3 rings (SSSR count). The van der Waals surface area contributed by atoms with E-state index in [0.29, 0.717) is 17.4 Å². The molecule has 0 aliphatic rings. The number of pyridine rings is 1. The van der Waals surface area contributed by atoms with E-state index in [0.717, 1.165) is 18.2 Å². The molecule has 0 aliphatic carbocycles. The second-order valence-electron chi connectivity index (χ2n) is 8.91. The Morgan fingerprint density at radius 2 is 1.64 bits per heavy atom. The summed E-state index contributed by atoms with van der Waals surface area (Å²) >= 11 is 0. The third kappa shape index (κ3) is 6.16.